The van der Waals surface area contributed by atoms with Gasteiger partial charge in [0.25, 0.3) is 0 Å². The van der Waals surface area contributed by atoms with Gasteiger partial charge in [-0.15, -0.1) is 0 Å². The van der Waals surface area contributed by atoms with Gasteiger partial charge in [0.05, 0.1) is 0 Å². The lowest BCUT2D eigenvalue weighted by Crippen LogP contribution is -2.53. The van der Waals surface area contributed by atoms with Crippen molar-refractivity contribution < 1.29 is 0 Å². The van der Waals surface area contributed by atoms with Gasteiger partial charge in [-0.2, -0.15) is 0 Å². The highest BCUT2D eigenvalue weighted by Gasteiger charge is 2.59. The summed E-state index contributed by atoms with van der Waals surface area (Å²) in [7, 11) is 0. The van der Waals surface area contributed by atoms with Crippen molar-refractivity contribution >= 4 is 0 Å². The molecule has 1 N–H and O–H groups in total. The third-order valence-electron chi connectivity index (χ3n) is 6.07. The third-order valence-corrected chi connectivity index (χ3v) is 6.07. The predicted molar refractivity (Wildman–Crippen MR) is 79.8 cm³/mol. The number of nitrogens with one attached hydrogen (secondary N) is 1. The van der Waals surface area contributed by atoms with Crippen LogP contribution >= 0.6 is 0 Å². The number of rotatable bonds is 6. The van der Waals surface area contributed by atoms with Gasteiger partial charge in [0.2, 0.25) is 0 Å². The van der Waals surface area contributed by atoms with Crippen LogP contribution in [0.4, 0.5) is 0 Å². The fourth-order valence-corrected chi connectivity index (χ4v) is 4.81. The molecule has 0 radical (unpaired) electrons. The second kappa shape index (κ2) is 5.15. The summed E-state index contributed by atoms with van der Waals surface area (Å²) in [4.78, 5) is 0. The molecule has 4 atom stereocenters. The van der Waals surface area contributed by atoms with Crippen molar-refractivity contribution in [3.8, 4) is 0 Å². The zero-order valence-electron chi connectivity index (χ0n) is 13.2. The molecule has 18 heavy (non-hydrogen) atoms. The Morgan fingerprint density at radius 1 is 1.22 bits per heavy atom. The third kappa shape index (κ3) is 2.35. The first-order valence-electron chi connectivity index (χ1n) is 8.20. The fourth-order valence-electron chi connectivity index (χ4n) is 4.81. The molecule has 0 amide bonds. The van der Waals surface area contributed by atoms with Gasteiger partial charge in [-0.25, -0.2) is 0 Å². The molecule has 0 aliphatic heterocycles. The van der Waals surface area contributed by atoms with E-state index in [0.29, 0.717) is 10.8 Å². The molecular weight excluding hydrogens is 218 g/mol. The van der Waals surface area contributed by atoms with Crippen LogP contribution < -0.4 is 5.32 Å². The van der Waals surface area contributed by atoms with E-state index in [1.165, 1.54) is 44.9 Å². The first-order chi connectivity index (χ1) is 8.44. The Balaban J connectivity index is 2.03. The summed E-state index contributed by atoms with van der Waals surface area (Å²) in [6, 6.07) is 1.48. The second-order valence-corrected chi connectivity index (χ2v) is 7.76. The van der Waals surface area contributed by atoms with Crippen molar-refractivity contribution in [1.29, 1.82) is 0 Å². The minimum absolute atomic E-state index is 0.507. The zero-order valence-corrected chi connectivity index (χ0v) is 13.2. The van der Waals surface area contributed by atoms with Gasteiger partial charge in [-0.05, 0) is 48.9 Å². The van der Waals surface area contributed by atoms with E-state index < -0.39 is 0 Å². The van der Waals surface area contributed by atoms with E-state index >= 15 is 0 Å². The Morgan fingerprint density at radius 3 is 2.44 bits per heavy atom. The number of fused-ring (bicyclic) bond motifs is 2. The Labute approximate surface area is 114 Å². The van der Waals surface area contributed by atoms with Gasteiger partial charge in [-0.1, -0.05) is 47.5 Å². The molecule has 0 saturated heterocycles. The Hall–Kier alpha value is -0.0400. The van der Waals surface area contributed by atoms with Crippen molar-refractivity contribution in [3.05, 3.63) is 0 Å². The average molecular weight is 251 g/mol. The number of hydrogen-bond donors (Lipinski definition) is 1. The van der Waals surface area contributed by atoms with E-state index in [0.717, 1.165) is 18.0 Å². The zero-order chi connectivity index (χ0) is 13.4. The van der Waals surface area contributed by atoms with E-state index in [4.69, 9.17) is 0 Å². The SMILES string of the molecule is CCCCC(CC)NC1C2(C)CCC(C2)C1(C)C. The summed E-state index contributed by atoms with van der Waals surface area (Å²) in [6.45, 7) is 12.2. The standard InChI is InChI=1S/C17H33N/c1-6-8-9-14(7-2)18-15-16(3,4)13-10-11-17(15,5)12-13/h13-15,18H,6-12H2,1-5H3. The van der Waals surface area contributed by atoms with Gasteiger partial charge < -0.3 is 5.32 Å². The molecule has 0 aromatic rings. The van der Waals surface area contributed by atoms with Crippen LogP contribution in [0.5, 0.6) is 0 Å². The van der Waals surface area contributed by atoms with Gasteiger partial charge >= 0.3 is 0 Å². The van der Waals surface area contributed by atoms with Gasteiger partial charge in [0.1, 0.15) is 0 Å². The maximum Gasteiger partial charge on any atom is 0.0177 e. The molecule has 0 heterocycles. The molecular formula is C17H33N. The molecule has 1 heteroatoms. The molecule has 1 nitrogen and oxygen atoms in total. The lowest BCUT2D eigenvalue weighted by atomic mass is 9.68. The highest BCUT2D eigenvalue weighted by molar-refractivity contribution is 5.12. The van der Waals surface area contributed by atoms with Crippen LogP contribution in [0.2, 0.25) is 0 Å². The van der Waals surface area contributed by atoms with E-state index in [9.17, 15) is 0 Å². The first kappa shape index (κ1) is 14.4. The van der Waals surface area contributed by atoms with Gasteiger partial charge in [0.15, 0.2) is 0 Å². The quantitative estimate of drug-likeness (QED) is 0.717. The Kier molecular flexibility index (Phi) is 4.11. The highest BCUT2D eigenvalue weighted by Crippen LogP contribution is 2.62. The van der Waals surface area contributed by atoms with Crippen molar-refractivity contribution in [1.82, 2.24) is 5.32 Å². The summed E-state index contributed by atoms with van der Waals surface area (Å²) in [5.41, 5.74) is 1.08. The van der Waals surface area contributed by atoms with Crippen LogP contribution in [0.3, 0.4) is 0 Å². The molecule has 0 aromatic carbocycles. The smallest absolute Gasteiger partial charge is 0.0177 e. The molecule has 4 unspecified atom stereocenters. The monoisotopic (exact) mass is 251 g/mol. The molecule has 106 valence electrons. The molecule has 0 aromatic heterocycles. The fraction of sp³-hybridized carbons (Fsp3) is 1.00. The number of hydrogen-bond acceptors (Lipinski definition) is 1. The summed E-state index contributed by atoms with van der Waals surface area (Å²) in [5.74, 6) is 0.962. The van der Waals surface area contributed by atoms with Crippen LogP contribution in [0, 0.1) is 16.7 Å². The van der Waals surface area contributed by atoms with Crippen molar-refractivity contribution in [2.45, 2.75) is 91.6 Å². The van der Waals surface area contributed by atoms with Crippen molar-refractivity contribution in [3.63, 3.8) is 0 Å². The normalized spacial score (nSPS) is 39.2. The van der Waals surface area contributed by atoms with E-state index in [-0.39, 0.29) is 0 Å². The summed E-state index contributed by atoms with van der Waals surface area (Å²) >= 11 is 0. The number of unbranched alkanes of at least 4 members (excludes halogenated alkanes) is 1. The van der Waals surface area contributed by atoms with Crippen LogP contribution in [-0.4, -0.2) is 12.1 Å². The molecule has 2 fully saturated rings. The van der Waals surface area contributed by atoms with E-state index in [1.807, 2.05) is 0 Å². The summed E-state index contributed by atoms with van der Waals surface area (Å²) < 4.78 is 0. The van der Waals surface area contributed by atoms with Gasteiger partial charge in [-0.3, -0.25) is 0 Å². The van der Waals surface area contributed by atoms with Crippen LogP contribution in [0.25, 0.3) is 0 Å². The molecule has 0 spiro atoms. The minimum atomic E-state index is 0.507. The molecule has 2 aliphatic carbocycles. The molecule has 2 rings (SSSR count). The lowest BCUT2D eigenvalue weighted by Gasteiger charge is -2.45. The average Bonchev–Trinajstić information content (AvgIpc) is 2.79. The van der Waals surface area contributed by atoms with E-state index in [2.05, 4.69) is 39.9 Å². The Morgan fingerprint density at radius 2 is 1.94 bits per heavy atom. The van der Waals surface area contributed by atoms with Crippen molar-refractivity contribution in [2.75, 3.05) is 0 Å². The van der Waals surface area contributed by atoms with Crippen LogP contribution in [0.1, 0.15) is 79.6 Å². The molecule has 2 aliphatic rings. The molecule has 2 bridgehead atoms. The highest BCUT2D eigenvalue weighted by atomic mass is 15.0. The van der Waals surface area contributed by atoms with Crippen LogP contribution in [-0.2, 0) is 0 Å². The van der Waals surface area contributed by atoms with Crippen molar-refractivity contribution in [2.24, 2.45) is 16.7 Å². The first-order valence-corrected chi connectivity index (χ1v) is 8.20. The molecule has 2 saturated carbocycles. The predicted octanol–water partition coefficient (Wildman–Crippen LogP) is 4.76. The maximum atomic E-state index is 4.06. The minimum Gasteiger partial charge on any atom is -0.310 e. The van der Waals surface area contributed by atoms with E-state index in [1.54, 1.807) is 0 Å². The topological polar surface area (TPSA) is 12.0 Å². The largest absolute Gasteiger partial charge is 0.310 e. The summed E-state index contributed by atoms with van der Waals surface area (Å²) in [6.07, 6.45) is 9.72. The maximum absolute atomic E-state index is 4.06. The summed E-state index contributed by atoms with van der Waals surface area (Å²) in [5, 5.41) is 4.06. The Bertz CT molecular complexity index is 279. The second-order valence-electron chi connectivity index (χ2n) is 7.76. The van der Waals surface area contributed by atoms with Crippen LogP contribution in [0.15, 0.2) is 0 Å². The van der Waals surface area contributed by atoms with Gasteiger partial charge in [0, 0.05) is 12.1 Å². The lowest BCUT2D eigenvalue weighted by molar-refractivity contribution is 0.0960.